The van der Waals surface area contributed by atoms with Crippen molar-refractivity contribution in [3.05, 3.63) is 103 Å². The van der Waals surface area contributed by atoms with Crippen molar-refractivity contribution in [2.24, 2.45) is 0 Å². The van der Waals surface area contributed by atoms with E-state index in [0.29, 0.717) is 11.4 Å². The molecule has 0 aliphatic heterocycles. The molecule has 8 heteroatoms. The molecule has 4 rings (SSSR count). The molecular weight excluding hydrogens is 402 g/mol. The predicted molar refractivity (Wildman–Crippen MR) is 113 cm³/mol. The maximum Gasteiger partial charge on any atom is 0.255 e. The Balaban J connectivity index is 1.49. The summed E-state index contributed by atoms with van der Waals surface area (Å²) in [7, 11) is -3.79. The lowest BCUT2D eigenvalue weighted by Crippen LogP contribution is -2.23. The highest BCUT2D eigenvalue weighted by molar-refractivity contribution is 7.89. The highest BCUT2D eigenvalue weighted by Gasteiger charge is 2.17. The van der Waals surface area contributed by atoms with Gasteiger partial charge in [0.25, 0.3) is 5.91 Å². The molecule has 0 spiro atoms. The Morgan fingerprint density at radius 1 is 0.933 bits per heavy atom. The van der Waals surface area contributed by atoms with Gasteiger partial charge in [0, 0.05) is 29.3 Å². The second kappa shape index (κ2) is 8.40. The molecule has 152 valence electrons. The third-order valence-corrected chi connectivity index (χ3v) is 5.83. The minimum absolute atomic E-state index is 0.00259. The van der Waals surface area contributed by atoms with Crippen molar-refractivity contribution in [3.63, 3.8) is 0 Å². The maximum absolute atomic E-state index is 12.7. The average Bonchev–Trinajstić information content (AvgIpc) is 3.47. The van der Waals surface area contributed by atoms with Crippen molar-refractivity contribution in [2.45, 2.75) is 11.4 Å². The number of carbonyl (C=O) groups is 1. The van der Waals surface area contributed by atoms with Crippen molar-refractivity contribution in [2.75, 3.05) is 5.32 Å². The zero-order chi connectivity index (χ0) is 21.0. The summed E-state index contributed by atoms with van der Waals surface area (Å²) in [6.45, 7) is 0.0257. The first kappa shape index (κ1) is 19.7. The highest BCUT2D eigenvalue weighted by atomic mass is 32.2. The third-order valence-electron chi connectivity index (χ3n) is 4.43. The van der Waals surface area contributed by atoms with Crippen LogP contribution in [0.2, 0.25) is 0 Å². The second-order valence-corrected chi connectivity index (χ2v) is 8.29. The summed E-state index contributed by atoms with van der Waals surface area (Å²) in [6, 6.07) is 20.4. The molecule has 2 N–H and O–H groups in total. The first-order chi connectivity index (χ1) is 14.5. The number of furan rings is 1. The molecule has 2 heterocycles. The number of aromatic nitrogens is 1. The molecule has 0 unspecified atom stereocenters. The van der Waals surface area contributed by atoms with E-state index < -0.39 is 15.9 Å². The SMILES string of the molecule is O=C(Nc1cccc(-n2cccc2)c1)c1cccc(S(=O)(=O)NCc2ccco2)c1. The van der Waals surface area contributed by atoms with E-state index in [-0.39, 0.29) is 17.0 Å². The van der Waals surface area contributed by atoms with Crippen molar-refractivity contribution in [1.29, 1.82) is 0 Å². The third kappa shape index (κ3) is 4.51. The second-order valence-electron chi connectivity index (χ2n) is 6.53. The van der Waals surface area contributed by atoms with E-state index in [1.165, 1.54) is 24.5 Å². The smallest absolute Gasteiger partial charge is 0.255 e. The number of nitrogens with zero attached hydrogens (tertiary/aromatic N) is 1. The van der Waals surface area contributed by atoms with Gasteiger partial charge in [-0.15, -0.1) is 0 Å². The van der Waals surface area contributed by atoms with Gasteiger partial charge < -0.3 is 14.3 Å². The summed E-state index contributed by atoms with van der Waals surface area (Å²) in [4.78, 5) is 12.7. The number of hydrogen-bond donors (Lipinski definition) is 2. The molecule has 30 heavy (non-hydrogen) atoms. The fraction of sp³-hybridized carbons (Fsp3) is 0.0455. The Kier molecular flexibility index (Phi) is 5.51. The molecule has 0 aliphatic rings. The molecule has 0 aliphatic carbocycles. The Hall–Kier alpha value is -3.62. The van der Waals surface area contributed by atoms with Crippen LogP contribution in [0.3, 0.4) is 0 Å². The van der Waals surface area contributed by atoms with Crippen LogP contribution in [0.4, 0.5) is 5.69 Å². The van der Waals surface area contributed by atoms with Crippen molar-refractivity contribution >= 4 is 21.6 Å². The minimum atomic E-state index is -3.79. The summed E-state index contributed by atoms with van der Waals surface area (Å²) in [5.74, 6) is 0.0952. The lowest BCUT2D eigenvalue weighted by molar-refractivity contribution is 0.102. The van der Waals surface area contributed by atoms with E-state index in [4.69, 9.17) is 4.42 Å². The molecule has 0 saturated heterocycles. The van der Waals surface area contributed by atoms with Gasteiger partial charge in [-0.25, -0.2) is 13.1 Å². The summed E-state index contributed by atoms with van der Waals surface area (Å²) >= 11 is 0. The fourth-order valence-corrected chi connectivity index (χ4v) is 3.96. The summed E-state index contributed by atoms with van der Waals surface area (Å²) in [5, 5.41) is 2.81. The van der Waals surface area contributed by atoms with Crippen LogP contribution in [0, 0.1) is 0 Å². The molecule has 2 aromatic carbocycles. The summed E-state index contributed by atoms with van der Waals surface area (Å²) < 4.78 is 34.6. The lowest BCUT2D eigenvalue weighted by Gasteiger charge is -2.10. The largest absolute Gasteiger partial charge is 0.468 e. The molecule has 0 atom stereocenters. The first-order valence-electron chi connectivity index (χ1n) is 9.18. The van der Waals surface area contributed by atoms with Crippen LogP contribution in [0.1, 0.15) is 16.1 Å². The number of amides is 1. The van der Waals surface area contributed by atoms with Gasteiger partial charge >= 0.3 is 0 Å². The first-order valence-corrected chi connectivity index (χ1v) is 10.7. The van der Waals surface area contributed by atoms with Crippen LogP contribution in [0.5, 0.6) is 0 Å². The normalized spacial score (nSPS) is 11.3. The Morgan fingerprint density at radius 2 is 1.73 bits per heavy atom. The number of rotatable bonds is 7. The number of carbonyl (C=O) groups excluding carboxylic acids is 1. The fourth-order valence-electron chi connectivity index (χ4n) is 2.92. The summed E-state index contributed by atoms with van der Waals surface area (Å²) in [5.41, 5.74) is 1.74. The van der Waals surface area contributed by atoms with Gasteiger partial charge in [0.15, 0.2) is 0 Å². The van der Waals surface area contributed by atoms with Gasteiger partial charge in [0.2, 0.25) is 10.0 Å². The highest BCUT2D eigenvalue weighted by Crippen LogP contribution is 2.17. The van der Waals surface area contributed by atoms with Gasteiger partial charge in [0.1, 0.15) is 5.76 Å². The van der Waals surface area contributed by atoms with E-state index >= 15 is 0 Å². The zero-order valence-corrected chi connectivity index (χ0v) is 16.7. The van der Waals surface area contributed by atoms with Crippen LogP contribution in [-0.4, -0.2) is 18.9 Å². The Bertz CT molecular complexity index is 1250. The van der Waals surface area contributed by atoms with Gasteiger partial charge in [-0.2, -0.15) is 0 Å². The standard InChI is InChI=1S/C22H19N3O4S/c26-22(24-18-7-4-8-19(15-18)25-11-1-2-12-25)17-6-3-10-21(14-17)30(27,28)23-16-20-9-5-13-29-20/h1-15,23H,16H2,(H,24,26). The van der Waals surface area contributed by atoms with E-state index in [2.05, 4.69) is 10.0 Å². The quantitative estimate of drug-likeness (QED) is 0.475. The average molecular weight is 421 g/mol. The molecular formula is C22H19N3O4S. The lowest BCUT2D eigenvalue weighted by atomic mass is 10.2. The molecule has 1 amide bonds. The molecule has 2 aromatic heterocycles. The monoisotopic (exact) mass is 421 g/mol. The molecule has 0 fully saturated rings. The van der Waals surface area contributed by atoms with E-state index in [0.717, 1.165) is 5.69 Å². The molecule has 0 radical (unpaired) electrons. The molecule has 0 bridgehead atoms. The summed E-state index contributed by atoms with van der Waals surface area (Å²) in [6.07, 6.45) is 5.29. The van der Waals surface area contributed by atoms with Crippen LogP contribution >= 0.6 is 0 Å². The van der Waals surface area contributed by atoms with E-state index in [1.807, 2.05) is 47.3 Å². The number of hydrogen-bond acceptors (Lipinski definition) is 4. The van der Waals surface area contributed by atoms with Crippen molar-refractivity contribution in [3.8, 4) is 5.69 Å². The maximum atomic E-state index is 12.7. The molecule has 4 aromatic rings. The molecule has 0 saturated carbocycles. The van der Waals surface area contributed by atoms with Crippen LogP contribution < -0.4 is 10.0 Å². The van der Waals surface area contributed by atoms with Crippen LogP contribution in [-0.2, 0) is 16.6 Å². The van der Waals surface area contributed by atoms with Gasteiger partial charge in [0.05, 0.1) is 17.7 Å². The number of anilines is 1. The van der Waals surface area contributed by atoms with Crippen LogP contribution in [0.25, 0.3) is 5.69 Å². The van der Waals surface area contributed by atoms with Crippen LogP contribution in [0.15, 0.2) is 101 Å². The van der Waals surface area contributed by atoms with Gasteiger partial charge in [-0.3, -0.25) is 4.79 Å². The number of sulfonamides is 1. The predicted octanol–water partition coefficient (Wildman–Crippen LogP) is 3.80. The van der Waals surface area contributed by atoms with E-state index in [9.17, 15) is 13.2 Å². The number of nitrogens with one attached hydrogen (secondary N) is 2. The number of benzene rings is 2. The van der Waals surface area contributed by atoms with Gasteiger partial charge in [-0.1, -0.05) is 12.1 Å². The van der Waals surface area contributed by atoms with Crippen molar-refractivity contribution < 1.29 is 17.6 Å². The van der Waals surface area contributed by atoms with Crippen molar-refractivity contribution in [1.82, 2.24) is 9.29 Å². The Morgan fingerprint density at radius 3 is 2.50 bits per heavy atom. The van der Waals surface area contributed by atoms with Gasteiger partial charge in [-0.05, 0) is 60.7 Å². The molecule has 7 nitrogen and oxygen atoms in total. The minimum Gasteiger partial charge on any atom is -0.468 e. The zero-order valence-electron chi connectivity index (χ0n) is 15.9. The Labute approximate surface area is 174 Å². The van der Waals surface area contributed by atoms with E-state index in [1.54, 1.807) is 24.3 Å². The topological polar surface area (TPSA) is 93.3 Å².